The van der Waals surface area contributed by atoms with Crippen LogP contribution < -0.4 is 10.1 Å². The molecular formula is C36H31BrClN3O4S. The van der Waals surface area contributed by atoms with Gasteiger partial charge in [0.05, 0.1) is 21.3 Å². The number of ether oxygens (including phenoxy) is 1. The molecule has 3 aromatic rings. The Balaban J connectivity index is 1.63. The van der Waals surface area contributed by atoms with Gasteiger partial charge in [-0.1, -0.05) is 121 Å². The molecule has 1 aliphatic heterocycles. The molecule has 0 aromatic heterocycles. The number of rotatable bonds is 12. The number of carbonyl (C=O) groups is 3. The summed E-state index contributed by atoms with van der Waals surface area (Å²) >= 11 is 10.9. The second kappa shape index (κ2) is 16.7. The van der Waals surface area contributed by atoms with Crippen LogP contribution in [0.5, 0.6) is 5.75 Å². The fraction of sp³-hybridized carbons (Fsp3) is 0.111. The van der Waals surface area contributed by atoms with Crippen LogP contribution in [-0.2, 0) is 14.4 Å². The summed E-state index contributed by atoms with van der Waals surface area (Å²) in [6.07, 6.45) is 9.64. The summed E-state index contributed by atoms with van der Waals surface area (Å²) in [7, 11) is 0. The van der Waals surface area contributed by atoms with Crippen LogP contribution in [0.15, 0.2) is 137 Å². The number of benzene rings is 3. The molecule has 46 heavy (non-hydrogen) atoms. The minimum absolute atomic E-state index is 0.0764. The number of aliphatic imine (C=N–C) groups is 1. The van der Waals surface area contributed by atoms with Gasteiger partial charge in [-0.3, -0.25) is 19.3 Å². The highest BCUT2D eigenvalue weighted by molar-refractivity contribution is 9.10. The van der Waals surface area contributed by atoms with E-state index in [-0.39, 0.29) is 40.1 Å². The molecule has 234 valence electrons. The van der Waals surface area contributed by atoms with Crippen molar-refractivity contribution in [1.82, 2.24) is 10.2 Å². The molecule has 0 radical (unpaired) electrons. The summed E-state index contributed by atoms with van der Waals surface area (Å²) in [5.74, 6) is -1.32. The fourth-order valence-electron chi connectivity index (χ4n) is 4.50. The van der Waals surface area contributed by atoms with E-state index in [4.69, 9.17) is 16.3 Å². The molecule has 0 bridgehead atoms. The van der Waals surface area contributed by atoms with Crippen LogP contribution in [-0.4, -0.2) is 40.1 Å². The molecule has 0 saturated carbocycles. The lowest BCUT2D eigenvalue weighted by molar-refractivity contribution is -0.126. The summed E-state index contributed by atoms with van der Waals surface area (Å²) in [5, 5.41) is 3.45. The van der Waals surface area contributed by atoms with Crippen molar-refractivity contribution in [2.45, 2.75) is 13.0 Å². The van der Waals surface area contributed by atoms with E-state index in [0.717, 1.165) is 22.9 Å². The van der Waals surface area contributed by atoms with E-state index < -0.39 is 11.8 Å². The maximum absolute atomic E-state index is 13.9. The highest BCUT2D eigenvalue weighted by Crippen LogP contribution is 2.36. The molecule has 0 atom stereocenters. The van der Waals surface area contributed by atoms with E-state index in [0.29, 0.717) is 21.5 Å². The van der Waals surface area contributed by atoms with Crippen LogP contribution in [0.3, 0.4) is 0 Å². The van der Waals surface area contributed by atoms with Crippen LogP contribution in [0.25, 0.3) is 6.08 Å². The minimum atomic E-state index is -0.738. The van der Waals surface area contributed by atoms with E-state index in [2.05, 4.69) is 39.4 Å². The van der Waals surface area contributed by atoms with Crippen LogP contribution >= 0.6 is 39.3 Å². The zero-order chi connectivity index (χ0) is 33.1. The molecule has 1 N–H and O–H groups in total. The Bertz CT molecular complexity index is 1690. The largest absolute Gasteiger partial charge is 0.487 e. The van der Waals surface area contributed by atoms with Crippen molar-refractivity contribution in [3.63, 3.8) is 0 Å². The highest BCUT2D eigenvalue weighted by atomic mass is 79.9. The number of thioether (sulfide) groups is 1. The Labute approximate surface area is 286 Å². The zero-order valence-electron chi connectivity index (χ0n) is 25.0. The predicted octanol–water partition coefficient (Wildman–Crippen LogP) is 8.06. The molecular weight excluding hydrogens is 686 g/mol. The Morgan fingerprint density at radius 1 is 1.09 bits per heavy atom. The van der Waals surface area contributed by atoms with E-state index in [1.165, 1.54) is 11.0 Å². The molecule has 0 aliphatic carbocycles. The summed E-state index contributed by atoms with van der Waals surface area (Å²) in [6.45, 7) is 9.35. The first-order valence-corrected chi connectivity index (χ1v) is 16.3. The number of hydrogen-bond acceptors (Lipinski definition) is 5. The van der Waals surface area contributed by atoms with Crippen molar-refractivity contribution in [3.8, 4) is 5.75 Å². The van der Waals surface area contributed by atoms with Gasteiger partial charge in [0.25, 0.3) is 11.8 Å². The lowest BCUT2D eigenvalue weighted by Crippen LogP contribution is -2.42. The topological polar surface area (TPSA) is 88.1 Å². The summed E-state index contributed by atoms with van der Waals surface area (Å²) < 4.78 is 6.14. The van der Waals surface area contributed by atoms with Crippen molar-refractivity contribution >= 4 is 68.3 Å². The number of nitrogens with zero attached hydrogens (tertiary/aromatic N) is 2. The number of halogens is 2. The molecule has 0 fully saturated rings. The molecule has 1 aliphatic rings. The quantitative estimate of drug-likeness (QED) is 0.0887. The first kappa shape index (κ1) is 34.4. The van der Waals surface area contributed by atoms with Gasteiger partial charge in [0.15, 0.2) is 10.9 Å². The van der Waals surface area contributed by atoms with E-state index in [1.54, 1.807) is 49.4 Å². The molecule has 4 rings (SSSR count). The molecule has 3 amide bonds. The number of amides is 3. The lowest BCUT2D eigenvalue weighted by atomic mass is 9.99. The van der Waals surface area contributed by atoms with Crippen molar-refractivity contribution in [2.75, 3.05) is 12.4 Å². The molecule has 0 unspecified atom stereocenters. The van der Waals surface area contributed by atoms with Crippen LogP contribution in [0.1, 0.15) is 29.7 Å². The number of amidine groups is 1. The normalized spacial score (nSPS) is 14.5. The molecule has 0 saturated heterocycles. The standard InChI is InChI=1S/C36H31BrClN3O4S/c1-4-7-18-27(6-3)41-35(44)28(20-24-21-29(37)33(30(38)22-24)45-19-5-2)34(43)40-36(41)46-23-31(42)39-32(25-14-10-8-11-15-25)26-16-12-9-13-17-26/h4-18,20-22,32H,1-2,19,23H2,3H3,(H,39,42)/b18-7-,27-6+,28-20+. The van der Waals surface area contributed by atoms with Gasteiger partial charge in [0.2, 0.25) is 5.91 Å². The van der Waals surface area contributed by atoms with Crippen LogP contribution in [0, 0.1) is 0 Å². The SMILES string of the molecule is C=C/C=C\C(=C/C)N1C(=O)/C(=C/c2cc(Cl)c(OCC=C)c(Br)c2)C(=O)N=C1SCC(=O)NC(c1ccccc1)c1ccccc1. The van der Waals surface area contributed by atoms with Crippen LogP contribution in [0.2, 0.25) is 5.02 Å². The first-order valence-electron chi connectivity index (χ1n) is 14.2. The zero-order valence-corrected chi connectivity index (χ0v) is 28.1. The Hall–Kier alpha value is -4.44. The number of carbonyl (C=O) groups excluding carboxylic acids is 3. The van der Waals surface area contributed by atoms with E-state index in [1.807, 2.05) is 60.7 Å². The van der Waals surface area contributed by atoms with Gasteiger partial charge >= 0.3 is 0 Å². The Morgan fingerprint density at radius 2 is 1.74 bits per heavy atom. The maximum atomic E-state index is 13.9. The predicted molar refractivity (Wildman–Crippen MR) is 191 cm³/mol. The van der Waals surface area contributed by atoms with Gasteiger partial charge in [0.1, 0.15) is 12.2 Å². The number of allylic oxidation sites excluding steroid dienone is 4. The van der Waals surface area contributed by atoms with Crippen molar-refractivity contribution < 1.29 is 19.1 Å². The van der Waals surface area contributed by atoms with Gasteiger partial charge in [0, 0.05) is 5.70 Å². The van der Waals surface area contributed by atoms with Crippen molar-refractivity contribution in [3.05, 3.63) is 154 Å². The summed E-state index contributed by atoms with van der Waals surface area (Å²) in [5.41, 5.74) is 2.61. The lowest BCUT2D eigenvalue weighted by Gasteiger charge is -2.28. The van der Waals surface area contributed by atoms with Crippen LogP contribution in [0.4, 0.5) is 0 Å². The van der Waals surface area contributed by atoms with Gasteiger partial charge in [-0.15, -0.1) is 0 Å². The third-order valence-corrected chi connectivity index (χ3v) is 8.40. The smallest absolute Gasteiger partial charge is 0.285 e. The number of nitrogens with one attached hydrogen (secondary N) is 1. The minimum Gasteiger partial charge on any atom is -0.487 e. The second-order valence-corrected chi connectivity index (χ2v) is 11.9. The average Bonchev–Trinajstić information content (AvgIpc) is 3.06. The molecule has 7 nitrogen and oxygen atoms in total. The van der Waals surface area contributed by atoms with Gasteiger partial charge in [-0.05, 0) is 63.8 Å². The second-order valence-electron chi connectivity index (χ2n) is 9.73. The molecule has 1 heterocycles. The first-order chi connectivity index (χ1) is 22.3. The van der Waals surface area contributed by atoms with Gasteiger partial charge in [-0.25, -0.2) is 0 Å². The van der Waals surface area contributed by atoms with Gasteiger partial charge in [-0.2, -0.15) is 4.99 Å². The average molecular weight is 717 g/mol. The van der Waals surface area contributed by atoms with Gasteiger partial charge < -0.3 is 10.1 Å². The molecule has 10 heteroatoms. The Morgan fingerprint density at radius 3 is 2.30 bits per heavy atom. The van der Waals surface area contributed by atoms with E-state index in [9.17, 15) is 14.4 Å². The number of hydrogen-bond donors (Lipinski definition) is 1. The third kappa shape index (κ3) is 8.63. The summed E-state index contributed by atoms with van der Waals surface area (Å²) in [6, 6.07) is 22.1. The fourth-order valence-corrected chi connectivity index (χ4v) is 6.30. The van der Waals surface area contributed by atoms with Crippen molar-refractivity contribution in [1.29, 1.82) is 0 Å². The third-order valence-electron chi connectivity index (χ3n) is 6.59. The Kier molecular flexibility index (Phi) is 12.5. The maximum Gasteiger partial charge on any atom is 0.285 e. The highest BCUT2D eigenvalue weighted by Gasteiger charge is 2.35. The van der Waals surface area contributed by atoms with Crippen molar-refractivity contribution in [2.24, 2.45) is 4.99 Å². The molecule has 3 aromatic carbocycles. The monoisotopic (exact) mass is 715 g/mol. The summed E-state index contributed by atoms with van der Waals surface area (Å²) in [4.78, 5) is 46.2. The molecule has 0 spiro atoms. The van der Waals surface area contributed by atoms with E-state index >= 15 is 0 Å².